The molecule has 0 spiro atoms. The number of benzene rings is 2. The van der Waals surface area contributed by atoms with Crippen LogP contribution in [0.5, 0.6) is 0 Å². The van der Waals surface area contributed by atoms with Gasteiger partial charge in [0.05, 0.1) is 15.8 Å². The van der Waals surface area contributed by atoms with E-state index in [-0.39, 0.29) is 10.6 Å². The molecule has 0 fully saturated rings. The number of hydrogen-bond acceptors (Lipinski definition) is 2. The summed E-state index contributed by atoms with van der Waals surface area (Å²) in [7, 11) is 0. The van der Waals surface area contributed by atoms with Crippen molar-refractivity contribution >= 4 is 32.5 Å². The van der Waals surface area contributed by atoms with E-state index in [9.17, 15) is 10.1 Å². The Kier molecular flexibility index (Phi) is 2.83. The molecule has 2 aromatic carbocycles. The second-order valence-electron chi connectivity index (χ2n) is 4.16. The zero-order chi connectivity index (χ0) is 13.4. The molecule has 0 saturated carbocycles. The van der Waals surface area contributed by atoms with Crippen molar-refractivity contribution in [1.82, 2.24) is 4.98 Å². The molecule has 0 atom stereocenters. The van der Waals surface area contributed by atoms with Crippen molar-refractivity contribution in [2.45, 2.75) is 0 Å². The van der Waals surface area contributed by atoms with Crippen LogP contribution >= 0.6 is 15.9 Å². The number of nitro groups is 1. The molecule has 1 aromatic heterocycles. The maximum atomic E-state index is 11.4. The number of nitrogens with zero attached hydrogens (tertiary/aromatic N) is 1. The highest BCUT2D eigenvalue weighted by molar-refractivity contribution is 9.10. The molecule has 1 heterocycles. The number of fused-ring (bicyclic) bond motifs is 1. The number of aromatic nitrogens is 1. The van der Waals surface area contributed by atoms with E-state index in [0.29, 0.717) is 11.1 Å². The molecule has 5 heteroatoms. The Morgan fingerprint density at radius 2 is 1.84 bits per heavy atom. The van der Waals surface area contributed by atoms with E-state index in [1.165, 1.54) is 0 Å². The first-order valence-corrected chi connectivity index (χ1v) is 6.47. The predicted octanol–water partition coefficient (Wildman–Crippen LogP) is 4.51. The van der Waals surface area contributed by atoms with Gasteiger partial charge >= 0.3 is 5.69 Å². The van der Waals surface area contributed by atoms with E-state index in [4.69, 9.17) is 0 Å². The van der Waals surface area contributed by atoms with Crippen LogP contribution in [0.4, 0.5) is 5.69 Å². The van der Waals surface area contributed by atoms with Crippen LogP contribution in [0.1, 0.15) is 0 Å². The fourth-order valence-corrected chi connectivity index (χ4v) is 2.51. The molecule has 0 radical (unpaired) electrons. The quantitative estimate of drug-likeness (QED) is 0.558. The zero-order valence-corrected chi connectivity index (χ0v) is 11.3. The van der Waals surface area contributed by atoms with Crippen LogP contribution in [0, 0.1) is 10.1 Å². The molecule has 94 valence electrons. The topological polar surface area (TPSA) is 58.9 Å². The summed E-state index contributed by atoms with van der Waals surface area (Å²) in [6.07, 6.45) is 0. The molecule has 0 aliphatic carbocycles. The third kappa shape index (κ3) is 2.02. The van der Waals surface area contributed by atoms with Crippen LogP contribution in [-0.2, 0) is 0 Å². The highest BCUT2D eigenvalue weighted by atomic mass is 79.9. The summed E-state index contributed by atoms with van der Waals surface area (Å²) in [4.78, 5) is 14.1. The van der Waals surface area contributed by atoms with Crippen molar-refractivity contribution in [2.75, 3.05) is 0 Å². The zero-order valence-electron chi connectivity index (χ0n) is 9.76. The van der Waals surface area contributed by atoms with Crippen LogP contribution < -0.4 is 0 Å². The number of aromatic amines is 1. The Labute approximate surface area is 117 Å². The normalized spacial score (nSPS) is 10.8. The molecular formula is C14H9BrN2O2. The summed E-state index contributed by atoms with van der Waals surface area (Å²) >= 11 is 3.34. The predicted molar refractivity (Wildman–Crippen MR) is 78.1 cm³/mol. The van der Waals surface area contributed by atoms with E-state index >= 15 is 0 Å². The summed E-state index contributed by atoms with van der Waals surface area (Å²) < 4.78 is 0.821. The molecule has 0 unspecified atom stereocenters. The monoisotopic (exact) mass is 316 g/mol. The molecule has 19 heavy (non-hydrogen) atoms. The Morgan fingerprint density at radius 1 is 1.11 bits per heavy atom. The maximum Gasteiger partial charge on any atom is 0.302 e. The van der Waals surface area contributed by atoms with Gasteiger partial charge in [0, 0.05) is 10.0 Å². The fraction of sp³-hybridized carbons (Fsp3) is 0. The van der Waals surface area contributed by atoms with Crippen molar-refractivity contribution in [3.63, 3.8) is 0 Å². The molecule has 0 amide bonds. The molecule has 0 aliphatic heterocycles. The van der Waals surface area contributed by atoms with Crippen molar-refractivity contribution < 1.29 is 4.92 Å². The number of halogens is 1. The molecule has 3 rings (SSSR count). The summed E-state index contributed by atoms with van der Waals surface area (Å²) in [5.41, 5.74) is 2.22. The van der Waals surface area contributed by atoms with E-state index < -0.39 is 0 Å². The summed E-state index contributed by atoms with van der Waals surface area (Å²) in [6.45, 7) is 0. The number of H-pyrrole nitrogens is 1. The lowest BCUT2D eigenvalue weighted by Gasteiger charge is -1.97. The van der Waals surface area contributed by atoms with Crippen LogP contribution in [0.25, 0.3) is 22.2 Å². The highest BCUT2D eigenvalue weighted by Gasteiger charge is 2.22. The van der Waals surface area contributed by atoms with Gasteiger partial charge in [0.2, 0.25) is 0 Å². The third-order valence-electron chi connectivity index (χ3n) is 2.98. The van der Waals surface area contributed by atoms with E-state index in [0.717, 1.165) is 15.6 Å². The number of rotatable bonds is 2. The summed E-state index contributed by atoms with van der Waals surface area (Å²) in [5, 5.41) is 12.0. The Bertz CT molecular complexity index is 766. The second kappa shape index (κ2) is 4.51. The molecule has 3 aromatic rings. The van der Waals surface area contributed by atoms with Gasteiger partial charge in [-0.3, -0.25) is 10.1 Å². The minimum absolute atomic E-state index is 0.113. The Morgan fingerprint density at radius 3 is 2.53 bits per heavy atom. The molecule has 0 saturated heterocycles. The standard InChI is InChI=1S/C14H9BrN2O2/c15-10-6-7-12-11(8-10)14(17(18)19)13(16-12)9-4-2-1-3-5-9/h1-8,16H. The van der Waals surface area contributed by atoms with E-state index in [1.807, 2.05) is 42.5 Å². The van der Waals surface area contributed by atoms with Gasteiger partial charge in [-0.05, 0) is 18.2 Å². The maximum absolute atomic E-state index is 11.4. The molecule has 1 N–H and O–H groups in total. The van der Waals surface area contributed by atoms with Crippen LogP contribution in [0.2, 0.25) is 0 Å². The van der Waals surface area contributed by atoms with Crippen molar-refractivity contribution in [1.29, 1.82) is 0 Å². The first-order valence-electron chi connectivity index (χ1n) is 5.68. The second-order valence-corrected chi connectivity index (χ2v) is 5.08. The smallest absolute Gasteiger partial charge is 0.302 e. The van der Waals surface area contributed by atoms with Gasteiger partial charge < -0.3 is 4.98 Å². The van der Waals surface area contributed by atoms with Gasteiger partial charge in [0.1, 0.15) is 5.69 Å². The van der Waals surface area contributed by atoms with Gasteiger partial charge in [-0.15, -0.1) is 0 Å². The Hall–Kier alpha value is -2.14. The number of hydrogen-bond donors (Lipinski definition) is 1. The van der Waals surface area contributed by atoms with Crippen LogP contribution in [-0.4, -0.2) is 9.91 Å². The number of nitrogens with one attached hydrogen (secondary N) is 1. The van der Waals surface area contributed by atoms with Crippen molar-refractivity contribution in [3.05, 3.63) is 63.1 Å². The summed E-state index contributed by atoms with van der Waals surface area (Å²) in [6, 6.07) is 14.8. The van der Waals surface area contributed by atoms with Gasteiger partial charge in [0.15, 0.2) is 0 Å². The molecule has 0 bridgehead atoms. The third-order valence-corrected chi connectivity index (χ3v) is 3.47. The largest absolute Gasteiger partial charge is 0.349 e. The first-order chi connectivity index (χ1) is 9.16. The van der Waals surface area contributed by atoms with E-state index in [1.54, 1.807) is 6.07 Å². The minimum atomic E-state index is -0.340. The average molecular weight is 317 g/mol. The van der Waals surface area contributed by atoms with Crippen LogP contribution in [0.15, 0.2) is 53.0 Å². The lowest BCUT2D eigenvalue weighted by molar-refractivity contribution is -0.382. The fourth-order valence-electron chi connectivity index (χ4n) is 2.15. The average Bonchev–Trinajstić information content (AvgIpc) is 2.78. The molecular weight excluding hydrogens is 308 g/mol. The molecule has 0 aliphatic rings. The van der Waals surface area contributed by atoms with Gasteiger partial charge in [-0.1, -0.05) is 46.3 Å². The van der Waals surface area contributed by atoms with Gasteiger partial charge in [-0.2, -0.15) is 0 Å². The Balaban J connectivity index is 2.36. The lowest BCUT2D eigenvalue weighted by atomic mass is 10.1. The highest BCUT2D eigenvalue weighted by Crippen LogP contribution is 2.37. The van der Waals surface area contributed by atoms with Gasteiger partial charge in [0.25, 0.3) is 0 Å². The van der Waals surface area contributed by atoms with Crippen molar-refractivity contribution in [2.24, 2.45) is 0 Å². The lowest BCUT2D eigenvalue weighted by Crippen LogP contribution is -1.89. The van der Waals surface area contributed by atoms with Crippen molar-refractivity contribution in [3.8, 4) is 11.3 Å². The minimum Gasteiger partial charge on any atom is -0.349 e. The molecule has 4 nitrogen and oxygen atoms in total. The first kappa shape index (κ1) is 11.9. The van der Waals surface area contributed by atoms with Gasteiger partial charge in [-0.25, -0.2) is 0 Å². The van der Waals surface area contributed by atoms with E-state index in [2.05, 4.69) is 20.9 Å². The van der Waals surface area contributed by atoms with Crippen LogP contribution in [0.3, 0.4) is 0 Å². The summed E-state index contributed by atoms with van der Waals surface area (Å²) in [5.74, 6) is 0. The SMILES string of the molecule is O=[N+]([O-])c1c(-c2ccccc2)[nH]c2ccc(Br)cc12.